The fraction of sp³-hybridized carbons (Fsp3) is 0.458. The molecule has 31 heavy (non-hydrogen) atoms. The number of anilines is 1. The molecule has 2 aromatic carbocycles. The molecule has 0 saturated carbocycles. The van der Waals surface area contributed by atoms with E-state index in [0.29, 0.717) is 12.1 Å². The van der Waals surface area contributed by atoms with E-state index in [1.165, 1.54) is 0 Å². The lowest BCUT2D eigenvalue weighted by Crippen LogP contribution is -2.41. The SMILES string of the molecule is CCC(NC(=O)CN(c1ccc(C(C)(C)C)cc1)S(C)(=O)=O)c1ccc(OC)c(C)c1. The van der Waals surface area contributed by atoms with Gasteiger partial charge in [-0.2, -0.15) is 0 Å². The molecule has 0 radical (unpaired) electrons. The van der Waals surface area contributed by atoms with Crippen molar-refractivity contribution in [2.75, 3.05) is 24.2 Å². The van der Waals surface area contributed by atoms with Crippen molar-refractivity contribution in [3.8, 4) is 5.75 Å². The minimum atomic E-state index is -3.63. The Bertz CT molecular complexity index is 1010. The third-order valence-corrected chi connectivity index (χ3v) is 6.41. The van der Waals surface area contributed by atoms with E-state index >= 15 is 0 Å². The van der Waals surface area contributed by atoms with Gasteiger partial charge in [-0.05, 0) is 53.6 Å². The van der Waals surface area contributed by atoms with Gasteiger partial charge in [0.1, 0.15) is 12.3 Å². The van der Waals surface area contributed by atoms with Crippen LogP contribution in [0.1, 0.15) is 56.8 Å². The highest BCUT2D eigenvalue weighted by atomic mass is 32.2. The quantitative estimate of drug-likeness (QED) is 0.655. The highest BCUT2D eigenvalue weighted by molar-refractivity contribution is 7.92. The van der Waals surface area contributed by atoms with Gasteiger partial charge < -0.3 is 10.1 Å². The lowest BCUT2D eigenvalue weighted by molar-refractivity contribution is -0.120. The van der Waals surface area contributed by atoms with Gasteiger partial charge in [-0.25, -0.2) is 8.42 Å². The van der Waals surface area contributed by atoms with Crippen LogP contribution < -0.4 is 14.4 Å². The van der Waals surface area contributed by atoms with Gasteiger partial charge in [0.15, 0.2) is 0 Å². The van der Waals surface area contributed by atoms with Crippen LogP contribution in [0.5, 0.6) is 5.75 Å². The number of nitrogens with zero attached hydrogens (tertiary/aromatic N) is 1. The first-order valence-electron chi connectivity index (χ1n) is 10.4. The third kappa shape index (κ3) is 6.47. The first kappa shape index (κ1) is 24.7. The fourth-order valence-electron chi connectivity index (χ4n) is 3.44. The Balaban J connectivity index is 2.21. The molecule has 1 unspecified atom stereocenters. The van der Waals surface area contributed by atoms with Crippen molar-refractivity contribution < 1.29 is 17.9 Å². The smallest absolute Gasteiger partial charge is 0.241 e. The van der Waals surface area contributed by atoms with Crippen LogP contribution in [0.2, 0.25) is 0 Å². The highest BCUT2D eigenvalue weighted by Crippen LogP contribution is 2.27. The van der Waals surface area contributed by atoms with Crippen LogP contribution in [0.15, 0.2) is 42.5 Å². The molecule has 0 spiro atoms. The minimum Gasteiger partial charge on any atom is -0.496 e. The number of hydrogen-bond donors (Lipinski definition) is 1. The molecule has 6 nitrogen and oxygen atoms in total. The lowest BCUT2D eigenvalue weighted by Gasteiger charge is -2.25. The van der Waals surface area contributed by atoms with E-state index < -0.39 is 10.0 Å². The van der Waals surface area contributed by atoms with Crippen molar-refractivity contribution in [3.05, 3.63) is 59.2 Å². The van der Waals surface area contributed by atoms with Crippen LogP contribution in [-0.4, -0.2) is 34.2 Å². The second-order valence-corrected chi connectivity index (χ2v) is 10.7. The number of benzene rings is 2. The van der Waals surface area contributed by atoms with Crippen molar-refractivity contribution >= 4 is 21.6 Å². The van der Waals surface area contributed by atoms with Crippen molar-refractivity contribution in [1.29, 1.82) is 0 Å². The van der Waals surface area contributed by atoms with Crippen molar-refractivity contribution in [2.45, 2.75) is 52.5 Å². The number of methoxy groups -OCH3 is 1. The van der Waals surface area contributed by atoms with Crippen molar-refractivity contribution in [3.63, 3.8) is 0 Å². The Morgan fingerprint density at radius 1 is 1.13 bits per heavy atom. The summed E-state index contributed by atoms with van der Waals surface area (Å²) in [5.41, 5.74) is 3.45. The number of sulfonamides is 1. The molecule has 1 atom stereocenters. The van der Waals surface area contributed by atoms with E-state index in [4.69, 9.17) is 4.74 Å². The normalized spacial score (nSPS) is 12.9. The predicted molar refractivity (Wildman–Crippen MR) is 126 cm³/mol. The number of ether oxygens (including phenoxy) is 1. The topological polar surface area (TPSA) is 75.7 Å². The summed E-state index contributed by atoms with van der Waals surface area (Å²) in [6, 6.07) is 12.9. The molecule has 170 valence electrons. The molecule has 7 heteroatoms. The van der Waals surface area contributed by atoms with E-state index in [9.17, 15) is 13.2 Å². The number of carbonyl (C=O) groups is 1. The zero-order chi connectivity index (χ0) is 23.4. The molecule has 1 amide bonds. The van der Waals surface area contributed by atoms with E-state index in [2.05, 4.69) is 26.1 Å². The Morgan fingerprint density at radius 3 is 2.19 bits per heavy atom. The molecule has 0 aliphatic rings. The van der Waals surface area contributed by atoms with E-state index in [1.54, 1.807) is 19.2 Å². The maximum absolute atomic E-state index is 12.8. The molecule has 0 saturated heterocycles. The monoisotopic (exact) mass is 446 g/mol. The van der Waals surface area contributed by atoms with E-state index in [0.717, 1.165) is 33.0 Å². The van der Waals surface area contributed by atoms with Gasteiger partial charge in [-0.15, -0.1) is 0 Å². The van der Waals surface area contributed by atoms with Crippen molar-refractivity contribution in [2.24, 2.45) is 0 Å². The minimum absolute atomic E-state index is 0.0450. The summed E-state index contributed by atoms with van der Waals surface area (Å²) in [7, 11) is -2.01. The average molecular weight is 447 g/mol. The summed E-state index contributed by atoms with van der Waals surface area (Å²) in [4.78, 5) is 12.8. The molecule has 0 aliphatic heterocycles. The Morgan fingerprint density at radius 2 is 1.74 bits per heavy atom. The molecule has 1 N–H and O–H groups in total. The van der Waals surface area contributed by atoms with Crippen LogP contribution in [0, 0.1) is 6.92 Å². The van der Waals surface area contributed by atoms with Crippen molar-refractivity contribution in [1.82, 2.24) is 5.32 Å². The number of nitrogens with one attached hydrogen (secondary N) is 1. The lowest BCUT2D eigenvalue weighted by atomic mass is 9.87. The Labute approximate surface area is 186 Å². The first-order valence-corrected chi connectivity index (χ1v) is 12.2. The fourth-order valence-corrected chi connectivity index (χ4v) is 4.29. The maximum atomic E-state index is 12.8. The first-order chi connectivity index (χ1) is 14.4. The van der Waals surface area contributed by atoms with Crippen LogP contribution in [0.4, 0.5) is 5.69 Å². The summed E-state index contributed by atoms with van der Waals surface area (Å²) in [6.07, 6.45) is 1.79. The predicted octanol–water partition coefficient (Wildman–Crippen LogP) is 4.33. The molecule has 0 fully saturated rings. The Kier molecular flexibility index (Phi) is 7.76. The molecule has 2 aromatic rings. The Hall–Kier alpha value is -2.54. The van der Waals surface area contributed by atoms with Gasteiger partial charge in [0, 0.05) is 0 Å². The number of carbonyl (C=O) groups excluding carboxylic acids is 1. The van der Waals surface area contributed by atoms with Gasteiger partial charge in [0.2, 0.25) is 15.9 Å². The summed E-state index contributed by atoms with van der Waals surface area (Å²) in [5.74, 6) is 0.428. The van der Waals surface area contributed by atoms with Gasteiger partial charge in [0.25, 0.3) is 0 Å². The van der Waals surface area contributed by atoms with Crippen LogP contribution >= 0.6 is 0 Å². The molecule has 0 heterocycles. The third-order valence-electron chi connectivity index (χ3n) is 5.27. The highest BCUT2D eigenvalue weighted by Gasteiger charge is 2.23. The van der Waals surface area contributed by atoms with Gasteiger partial charge in [-0.1, -0.05) is 52.0 Å². The van der Waals surface area contributed by atoms with Gasteiger partial charge in [0.05, 0.1) is 25.1 Å². The number of amides is 1. The summed E-state index contributed by atoms with van der Waals surface area (Å²) >= 11 is 0. The number of rotatable bonds is 8. The van der Waals surface area contributed by atoms with Crippen LogP contribution in [0.3, 0.4) is 0 Å². The van der Waals surface area contributed by atoms with Crippen LogP contribution in [-0.2, 0) is 20.2 Å². The molecule has 0 aromatic heterocycles. The molecule has 0 aliphatic carbocycles. The summed E-state index contributed by atoms with van der Waals surface area (Å²) in [6.45, 7) is 9.92. The summed E-state index contributed by atoms with van der Waals surface area (Å²) in [5, 5.41) is 2.97. The largest absolute Gasteiger partial charge is 0.496 e. The number of aryl methyl sites for hydroxylation is 1. The van der Waals surface area contributed by atoms with E-state index in [1.807, 2.05) is 44.2 Å². The summed E-state index contributed by atoms with van der Waals surface area (Å²) < 4.78 is 31.3. The van der Waals surface area contributed by atoms with E-state index in [-0.39, 0.29) is 23.9 Å². The molecule has 2 rings (SSSR count). The second-order valence-electron chi connectivity index (χ2n) is 8.82. The zero-order valence-corrected chi connectivity index (χ0v) is 20.3. The molecular weight excluding hydrogens is 412 g/mol. The maximum Gasteiger partial charge on any atom is 0.241 e. The molecular formula is C24H34N2O4S. The average Bonchev–Trinajstić information content (AvgIpc) is 2.68. The zero-order valence-electron chi connectivity index (χ0n) is 19.5. The van der Waals surface area contributed by atoms with Gasteiger partial charge in [-0.3, -0.25) is 9.10 Å². The second kappa shape index (κ2) is 9.73. The molecule has 0 bridgehead atoms. The van der Waals surface area contributed by atoms with Crippen LogP contribution in [0.25, 0.3) is 0 Å². The standard InChI is InChI=1S/C24H34N2O4S/c1-8-21(18-9-14-22(30-6)17(2)15-18)25-23(27)16-26(31(7,28)29)20-12-10-19(11-13-20)24(3,4)5/h9-15,21H,8,16H2,1-7H3,(H,25,27). The number of hydrogen-bond acceptors (Lipinski definition) is 4. The van der Waals surface area contributed by atoms with Gasteiger partial charge >= 0.3 is 0 Å².